The van der Waals surface area contributed by atoms with Gasteiger partial charge in [-0.15, -0.1) is 0 Å². The van der Waals surface area contributed by atoms with Gasteiger partial charge in [0.25, 0.3) is 0 Å². The third-order valence-electron chi connectivity index (χ3n) is 1.04. The molecule has 0 aromatic carbocycles. The van der Waals surface area contributed by atoms with Crippen LogP contribution in [0.5, 0.6) is 0 Å². The van der Waals surface area contributed by atoms with E-state index in [0.717, 1.165) is 12.4 Å². The number of imidazole rings is 1. The van der Waals surface area contributed by atoms with Crippen molar-refractivity contribution in [1.82, 2.24) is 9.55 Å². The quantitative estimate of drug-likeness (QED) is 0.601. The average Bonchev–Trinajstić information content (AvgIpc) is 2.32. The monoisotopic (exact) mass is 156 g/mol. The third kappa shape index (κ3) is 1.18. The van der Waals surface area contributed by atoms with Crippen molar-refractivity contribution >= 4 is 12.1 Å². The molecule has 0 spiro atoms. The lowest BCUT2D eigenvalue weighted by Gasteiger charge is -1.94. The van der Waals surface area contributed by atoms with Crippen LogP contribution in [0.15, 0.2) is 12.4 Å². The number of carbonyl (C=O) groups is 2. The van der Waals surface area contributed by atoms with Crippen LogP contribution in [0.4, 0.5) is 4.79 Å². The summed E-state index contributed by atoms with van der Waals surface area (Å²) in [4.78, 5) is 23.8. The first-order valence-corrected chi connectivity index (χ1v) is 2.63. The molecule has 0 bridgehead atoms. The highest BCUT2D eigenvalue weighted by molar-refractivity contribution is 5.87. The highest BCUT2D eigenvalue weighted by Gasteiger charge is 2.14. The van der Waals surface area contributed by atoms with Gasteiger partial charge in [0, 0.05) is 12.4 Å². The largest absolute Gasteiger partial charge is 0.475 e. The van der Waals surface area contributed by atoms with Gasteiger partial charge in [-0.05, 0) is 0 Å². The molecule has 0 radical (unpaired) electrons. The van der Waals surface area contributed by atoms with E-state index in [0.29, 0.717) is 4.57 Å². The second-order valence-corrected chi connectivity index (χ2v) is 1.71. The molecule has 58 valence electrons. The highest BCUT2D eigenvalue weighted by Crippen LogP contribution is 1.95. The second-order valence-electron chi connectivity index (χ2n) is 1.71. The number of aromatic carboxylic acids is 1. The number of hydrogen-bond donors (Lipinski definition) is 2. The van der Waals surface area contributed by atoms with Crippen LogP contribution in [-0.2, 0) is 0 Å². The van der Waals surface area contributed by atoms with Gasteiger partial charge < -0.3 is 10.2 Å². The van der Waals surface area contributed by atoms with Crippen molar-refractivity contribution in [3.05, 3.63) is 18.2 Å². The maximum atomic E-state index is 10.2. The topological polar surface area (TPSA) is 92.4 Å². The van der Waals surface area contributed by atoms with Gasteiger partial charge in [0.1, 0.15) is 0 Å². The first-order valence-electron chi connectivity index (χ1n) is 2.63. The Morgan fingerprint density at radius 3 is 2.45 bits per heavy atom. The predicted octanol–water partition coefficient (Wildman–Crippen LogP) is 0.107. The van der Waals surface area contributed by atoms with Crippen molar-refractivity contribution in [2.24, 2.45) is 0 Å². The van der Waals surface area contributed by atoms with Gasteiger partial charge in [-0.2, -0.15) is 0 Å². The third-order valence-corrected chi connectivity index (χ3v) is 1.04. The van der Waals surface area contributed by atoms with Crippen molar-refractivity contribution in [1.29, 1.82) is 0 Å². The molecule has 1 rings (SSSR count). The van der Waals surface area contributed by atoms with Gasteiger partial charge >= 0.3 is 12.1 Å². The van der Waals surface area contributed by atoms with E-state index in [4.69, 9.17) is 10.2 Å². The van der Waals surface area contributed by atoms with Gasteiger partial charge in [-0.3, -0.25) is 0 Å². The van der Waals surface area contributed by atoms with Crippen molar-refractivity contribution in [3.8, 4) is 0 Å². The average molecular weight is 156 g/mol. The van der Waals surface area contributed by atoms with Crippen LogP contribution in [-0.4, -0.2) is 31.8 Å². The maximum Gasteiger partial charge on any atom is 0.417 e. The van der Waals surface area contributed by atoms with Crippen LogP contribution in [0.3, 0.4) is 0 Å². The number of carboxylic acid groups (broad SMARTS) is 2. The molecule has 0 unspecified atom stereocenters. The minimum absolute atomic E-state index is 0.502. The molecule has 11 heavy (non-hydrogen) atoms. The van der Waals surface area contributed by atoms with Crippen molar-refractivity contribution in [3.63, 3.8) is 0 Å². The first-order chi connectivity index (χ1) is 5.13. The number of hydrogen-bond acceptors (Lipinski definition) is 3. The van der Waals surface area contributed by atoms with E-state index in [1.54, 1.807) is 0 Å². The summed E-state index contributed by atoms with van der Waals surface area (Å²) in [6, 6.07) is 0. The summed E-state index contributed by atoms with van der Waals surface area (Å²) in [5, 5.41) is 16.7. The highest BCUT2D eigenvalue weighted by atomic mass is 16.4. The summed E-state index contributed by atoms with van der Waals surface area (Å²) in [7, 11) is 0. The van der Waals surface area contributed by atoms with Crippen molar-refractivity contribution in [2.75, 3.05) is 0 Å². The van der Waals surface area contributed by atoms with E-state index < -0.39 is 17.9 Å². The number of nitrogens with zero attached hydrogens (tertiary/aromatic N) is 2. The van der Waals surface area contributed by atoms with Crippen molar-refractivity contribution < 1.29 is 19.8 Å². The Hall–Kier alpha value is -1.85. The SMILES string of the molecule is O=C(O)c1nccn1C(=O)O. The summed E-state index contributed by atoms with van der Waals surface area (Å²) >= 11 is 0. The van der Waals surface area contributed by atoms with E-state index in [1.807, 2.05) is 0 Å². The molecule has 2 N–H and O–H groups in total. The lowest BCUT2D eigenvalue weighted by molar-refractivity contribution is 0.0677. The van der Waals surface area contributed by atoms with E-state index in [-0.39, 0.29) is 0 Å². The molecule has 0 aliphatic carbocycles. The van der Waals surface area contributed by atoms with Gasteiger partial charge in [-0.25, -0.2) is 19.1 Å². The molecule has 0 fully saturated rings. The molecule has 6 heteroatoms. The fourth-order valence-electron chi connectivity index (χ4n) is 0.616. The van der Waals surface area contributed by atoms with Crippen LogP contribution in [0.1, 0.15) is 10.6 Å². The standard InChI is InChI=1S/C5H4N2O4/c8-4(9)3-6-1-2-7(3)5(10)11/h1-2H,(H,8,9)(H,10,11). The Labute approximate surface area is 60.7 Å². The fourth-order valence-corrected chi connectivity index (χ4v) is 0.616. The summed E-state index contributed by atoms with van der Waals surface area (Å²) in [6.45, 7) is 0. The normalized spacial score (nSPS) is 9.45. The molecular formula is C5H4N2O4. The minimum Gasteiger partial charge on any atom is -0.475 e. The summed E-state index contributed by atoms with van der Waals surface area (Å²) < 4.78 is 0.530. The molecule has 0 atom stereocenters. The summed E-state index contributed by atoms with van der Waals surface area (Å²) in [5.74, 6) is -1.87. The molecule has 0 aliphatic heterocycles. The molecule has 0 amide bonds. The van der Waals surface area contributed by atoms with Crippen LogP contribution in [0.25, 0.3) is 0 Å². The second kappa shape index (κ2) is 2.41. The van der Waals surface area contributed by atoms with Crippen LogP contribution >= 0.6 is 0 Å². The van der Waals surface area contributed by atoms with Crippen molar-refractivity contribution in [2.45, 2.75) is 0 Å². The predicted molar refractivity (Wildman–Crippen MR) is 32.6 cm³/mol. The zero-order valence-electron chi connectivity index (χ0n) is 5.26. The van der Waals surface area contributed by atoms with Gasteiger partial charge in [0.2, 0.25) is 5.82 Å². The van der Waals surface area contributed by atoms with Gasteiger partial charge in [0.15, 0.2) is 0 Å². The lowest BCUT2D eigenvalue weighted by Crippen LogP contribution is -2.15. The Morgan fingerprint density at radius 1 is 1.45 bits per heavy atom. The first kappa shape index (κ1) is 7.26. The smallest absolute Gasteiger partial charge is 0.417 e. The number of rotatable bonds is 1. The Kier molecular flexibility index (Phi) is 1.59. The van der Waals surface area contributed by atoms with Crippen LogP contribution < -0.4 is 0 Å². The number of aromatic nitrogens is 2. The number of carboxylic acids is 1. The van der Waals surface area contributed by atoms with Gasteiger partial charge in [0.05, 0.1) is 0 Å². The summed E-state index contributed by atoms with van der Waals surface area (Å²) in [6.07, 6.45) is 0.809. The van der Waals surface area contributed by atoms with Crippen LogP contribution in [0, 0.1) is 0 Å². The zero-order valence-corrected chi connectivity index (χ0v) is 5.26. The molecule has 0 saturated carbocycles. The molecule has 0 aliphatic rings. The lowest BCUT2D eigenvalue weighted by atomic mass is 10.6. The molecule has 0 saturated heterocycles. The van der Waals surface area contributed by atoms with E-state index >= 15 is 0 Å². The Balaban J connectivity index is 3.16. The van der Waals surface area contributed by atoms with E-state index in [1.165, 1.54) is 0 Å². The van der Waals surface area contributed by atoms with Gasteiger partial charge in [-0.1, -0.05) is 0 Å². The zero-order chi connectivity index (χ0) is 8.43. The van der Waals surface area contributed by atoms with E-state index in [9.17, 15) is 9.59 Å². The molecular weight excluding hydrogens is 152 g/mol. The molecule has 1 aromatic heterocycles. The molecule has 1 aromatic rings. The fraction of sp³-hybridized carbons (Fsp3) is 0. The summed E-state index contributed by atoms with van der Waals surface area (Å²) in [5.41, 5.74) is 0. The maximum absolute atomic E-state index is 10.2. The Bertz CT molecular complexity index is 275. The molecule has 6 nitrogen and oxygen atoms in total. The minimum atomic E-state index is -1.36. The van der Waals surface area contributed by atoms with Crippen LogP contribution in [0.2, 0.25) is 0 Å². The van der Waals surface area contributed by atoms with E-state index in [2.05, 4.69) is 4.98 Å². The Morgan fingerprint density at radius 2 is 2.09 bits per heavy atom. The molecule has 1 heterocycles.